The summed E-state index contributed by atoms with van der Waals surface area (Å²) in [5.41, 5.74) is 0.896. The highest BCUT2D eigenvalue weighted by Crippen LogP contribution is 2.33. The zero-order valence-electron chi connectivity index (χ0n) is 7.16. The van der Waals surface area contributed by atoms with Crippen molar-refractivity contribution in [1.82, 2.24) is 0 Å². The van der Waals surface area contributed by atoms with Gasteiger partial charge in [-0.25, -0.2) is 0 Å². The van der Waals surface area contributed by atoms with Crippen molar-refractivity contribution in [2.24, 2.45) is 0 Å². The van der Waals surface area contributed by atoms with Crippen molar-refractivity contribution in [3.8, 4) is 11.5 Å². The summed E-state index contributed by atoms with van der Waals surface area (Å²) in [5.74, 6) is 1.46. The molecule has 0 fully saturated rings. The summed E-state index contributed by atoms with van der Waals surface area (Å²) in [5, 5.41) is 0. The third-order valence-corrected chi connectivity index (χ3v) is 1.95. The van der Waals surface area contributed by atoms with Gasteiger partial charge in [-0.15, -0.1) is 0 Å². The molecular formula is C10H10O3. The molecule has 0 amide bonds. The molecule has 0 aliphatic carbocycles. The van der Waals surface area contributed by atoms with Gasteiger partial charge in [-0.3, -0.25) is 0 Å². The first-order valence-corrected chi connectivity index (χ1v) is 4.23. The monoisotopic (exact) mass is 178 g/mol. The normalized spacial score (nSPS) is 13.8. The Morgan fingerprint density at radius 2 is 2.15 bits per heavy atom. The maximum atomic E-state index is 10.4. The minimum absolute atomic E-state index is 0.381. The Kier molecular flexibility index (Phi) is 2.17. The van der Waals surface area contributed by atoms with Crippen LogP contribution >= 0.6 is 0 Å². The van der Waals surface area contributed by atoms with Crippen LogP contribution in [0, 0.1) is 0 Å². The van der Waals surface area contributed by atoms with Gasteiger partial charge < -0.3 is 14.3 Å². The van der Waals surface area contributed by atoms with E-state index in [0.29, 0.717) is 19.6 Å². The van der Waals surface area contributed by atoms with Crippen LogP contribution in [0.3, 0.4) is 0 Å². The van der Waals surface area contributed by atoms with Crippen molar-refractivity contribution in [2.75, 3.05) is 13.2 Å². The van der Waals surface area contributed by atoms with Gasteiger partial charge in [-0.05, 0) is 6.07 Å². The summed E-state index contributed by atoms with van der Waals surface area (Å²) in [4.78, 5) is 10.4. The van der Waals surface area contributed by atoms with Gasteiger partial charge in [-0.2, -0.15) is 0 Å². The van der Waals surface area contributed by atoms with Crippen LogP contribution in [-0.2, 0) is 11.2 Å². The van der Waals surface area contributed by atoms with Gasteiger partial charge in [0.2, 0.25) is 0 Å². The minimum atomic E-state index is 0.381. The van der Waals surface area contributed by atoms with Gasteiger partial charge in [0, 0.05) is 12.0 Å². The molecule has 1 aliphatic heterocycles. The Balaban J connectivity index is 2.39. The van der Waals surface area contributed by atoms with Gasteiger partial charge in [-0.1, -0.05) is 12.1 Å². The van der Waals surface area contributed by atoms with Crippen LogP contribution in [0.15, 0.2) is 18.2 Å². The second kappa shape index (κ2) is 3.47. The summed E-state index contributed by atoms with van der Waals surface area (Å²) >= 11 is 0. The Bertz CT molecular complexity index is 320. The van der Waals surface area contributed by atoms with E-state index in [9.17, 15) is 4.79 Å². The number of para-hydroxylation sites is 1. The Labute approximate surface area is 76.3 Å². The number of aldehydes is 1. The number of carbonyl (C=O) groups excluding carboxylic acids is 1. The molecule has 13 heavy (non-hydrogen) atoms. The van der Waals surface area contributed by atoms with Gasteiger partial charge in [0.05, 0.1) is 0 Å². The highest BCUT2D eigenvalue weighted by Gasteiger charge is 2.14. The molecule has 0 N–H and O–H groups in total. The molecule has 0 spiro atoms. The Morgan fingerprint density at radius 1 is 1.31 bits per heavy atom. The third kappa shape index (κ3) is 1.49. The third-order valence-electron chi connectivity index (χ3n) is 1.95. The molecule has 0 saturated heterocycles. The van der Waals surface area contributed by atoms with Crippen molar-refractivity contribution >= 4 is 6.29 Å². The van der Waals surface area contributed by atoms with Gasteiger partial charge >= 0.3 is 0 Å². The summed E-state index contributed by atoms with van der Waals surface area (Å²) < 4.78 is 10.8. The maximum Gasteiger partial charge on any atom is 0.164 e. The standard InChI is InChI=1S/C10H10O3/c11-5-4-8-2-1-3-9-10(8)13-7-6-12-9/h1-3,5H,4,6-7H2. The number of ether oxygens (including phenoxy) is 2. The number of fused-ring (bicyclic) bond motifs is 1. The molecule has 2 rings (SSSR count). The molecular weight excluding hydrogens is 168 g/mol. The average molecular weight is 178 g/mol. The minimum Gasteiger partial charge on any atom is -0.486 e. The number of hydrogen-bond donors (Lipinski definition) is 0. The van der Waals surface area contributed by atoms with Crippen molar-refractivity contribution in [2.45, 2.75) is 6.42 Å². The Hall–Kier alpha value is -1.51. The smallest absolute Gasteiger partial charge is 0.164 e. The quantitative estimate of drug-likeness (QED) is 0.638. The molecule has 3 nitrogen and oxygen atoms in total. The fraction of sp³-hybridized carbons (Fsp3) is 0.300. The number of hydrogen-bond acceptors (Lipinski definition) is 3. The molecule has 0 radical (unpaired) electrons. The van der Waals surface area contributed by atoms with Crippen LogP contribution in [0.4, 0.5) is 0 Å². The fourth-order valence-corrected chi connectivity index (χ4v) is 1.38. The lowest BCUT2D eigenvalue weighted by molar-refractivity contribution is -0.107. The topological polar surface area (TPSA) is 35.5 Å². The van der Waals surface area contributed by atoms with Crippen LogP contribution < -0.4 is 9.47 Å². The Morgan fingerprint density at radius 3 is 3.00 bits per heavy atom. The first-order valence-electron chi connectivity index (χ1n) is 4.23. The molecule has 1 aromatic rings. The molecule has 0 bridgehead atoms. The summed E-state index contributed by atoms with van der Waals surface area (Å²) in [6.45, 7) is 1.14. The van der Waals surface area contributed by atoms with Crippen molar-refractivity contribution in [1.29, 1.82) is 0 Å². The zero-order valence-corrected chi connectivity index (χ0v) is 7.16. The number of carbonyl (C=O) groups is 1. The zero-order chi connectivity index (χ0) is 9.10. The lowest BCUT2D eigenvalue weighted by Gasteiger charge is -2.20. The highest BCUT2D eigenvalue weighted by molar-refractivity contribution is 5.60. The number of benzene rings is 1. The van der Waals surface area contributed by atoms with E-state index in [1.54, 1.807) is 0 Å². The van der Waals surface area contributed by atoms with E-state index < -0.39 is 0 Å². The SMILES string of the molecule is O=CCc1cccc2c1OCCO2. The lowest BCUT2D eigenvalue weighted by Crippen LogP contribution is -2.16. The molecule has 1 aromatic carbocycles. The van der Waals surface area contributed by atoms with E-state index in [1.807, 2.05) is 18.2 Å². The lowest BCUT2D eigenvalue weighted by atomic mass is 10.1. The van der Waals surface area contributed by atoms with E-state index in [2.05, 4.69) is 0 Å². The van der Waals surface area contributed by atoms with Crippen LogP contribution in [0.25, 0.3) is 0 Å². The van der Waals surface area contributed by atoms with Crippen molar-refractivity contribution in [3.05, 3.63) is 23.8 Å². The van der Waals surface area contributed by atoms with Crippen LogP contribution in [-0.4, -0.2) is 19.5 Å². The van der Waals surface area contributed by atoms with Crippen molar-refractivity contribution < 1.29 is 14.3 Å². The second-order valence-electron chi connectivity index (χ2n) is 2.81. The number of rotatable bonds is 2. The summed E-state index contributed by atoms with van der Waals surface area (Å²) in [7, 11) is 0. The van der Waals surface area contributed by atoms with E-state index in [4.69, 9.17) is 9.47 Å². The van der Waals surface area contributed by atoms with E-state index in [-0.39, 0.29) is 0 Å². The largest absolute Gasteiger partial charge is 0.486 e. The molecule has 0 aromatic heterocycles. The molecule has 0 unspecified atom stereocenters. The summed E-state index contributed by atoms with van der Waals surface area (Å²) in [6, 6.07) is 5.59. The molecule has 0 saturated carbocycles. The van der Waals surface area contributed by atoms with Crippen LogP contribution in [0.2, 0.25) is 0 Å². The highest BCUT2D eigenvalue weighted by atomic mass is 16.6. The molecule has 3 heteroatoms. The first-order chi connectivity index (χ1) is 6.42. The van der Waals surface area contributed by atoms with E-state index >= 15 is 0 Å². The van der Waals surface area contributed by atoms with Gasteiger partial charge in [0.15, 0.2) is 11.5 Å². The van der Waals surface area contributed by atoms with Crippen LogP contribution in [0.1, 0.15) is 5.56 Å². The first kappa shape index (κ1) is 8.10. The average Bonchev–Trinajstić information content (AvgIpc) is 2.19. The van der Waals surface area contributed by atoms with Gasteiger partial charge in [0.25, 0.3) is 0 Å². The molecule has 0 atom stereocenters. The van der Waals surface area contributed by atoms with E-state index in [0.717, 1.165) is 23.3 Å². The van der Waals surface area contributed by atoms with Crippen LogP contribution in [0.5, 0.6) is 11.5 Å². The predicted octanol–water partition coefficient (Wildman–Crippen LogP) is 1.20. The molecule has 1 aliphatic rings. The van der Waals surface area contributed by atoms with Crippen molar-refractivity contribution in [3.63, 3.8) is 0 Å². The van der Waals surface area contributed by atoms with Gasteiger partial charge in [0.1, 0.15) is 19.5 Å². The molecule has 1 heterocycles. The van der Waals surface area contributed by atoms with E-state index in [1.165, 1.54) is 0 Å². The predicted molar refractivity (Wildman–Crippen MR) is 47.2 cm³/mol. The summed E-state index contributed by atoms with van der Waals surface area (Å²) in [6.07, 6.45) is 1.25. The maximum absolute atomic E-state index is 10.4. The fourth-order valence-electron chi connectivity index (χ4n) is 1.38. The second-order valence-corrected chi connectivity index (χ2v) is 2.81. The molecule has 68 valence electrons.